The molecule has 12 heavy (non-hydrogen) atoms. The van der Waals surface area contributed by atoms with Crippen LogP contribution in [-0.4, -0.2) is 17.0 Å². The van der Waals surface area contributed by atoms with Crippen LogP contribution in [0.1, 0.15) is 19.3 Å². The number of halogens is 2. The van der Waals surface area contributed by atoms with Crippen molar-refractivity contribution >= 4 is 5.97 Å². The minimum Gasteiger partial charge on any atom is -0.481 e. The van der Waals surface area contributed by atoms with E-state index in [9.17, 15) is 13.6 Å². The van der Waals surface area contributed by atoms with Crippen LogP contribution in [0.5, 0.6) is 0 Å². The highest BCUT2D eigenvalue weighted by Crippen LogP contribution is 2.56. The molecule has 0 saturated heterocycles. The fourth-order valence-electron chi connectivity index (χ4n) is 2.59. The van der Waals surface area contributed by atoms with Gasteiger partial charge in [-0.1, -0.05) is 0 Å². The first-order chi connectivity index (χ1) is 5.50. The third-order valence-electron chi connectivity index (χ3n) is 3.08. The number of aliphatic carboxylic acids is 1. The molecule has 2 saturated carbocycles. The number of rotatable bonds is 1. The van der Waals surface area contributed by atoms with E-state index in [4.69, 9.17) is 5.11 Å². The van der Waals surface area contributed by atoms with Gasteiger partial charge in [0.05, 0.1) is 5.92 Å². The molecule has 2 bridgehead atoms. The number of hydrogen-bond donors (Lipinski definition) is 1. The second-order valence-corrected chi connectivity index (χ2v) is 3.85. The summed E-state index contributed by atoms with van der Waals surface area (Å²) in [6, 6.07) is 0. The zero-order chi connectivity index (χ0) is 8.93. The molecule has 0 radical (unpaired) electrons. The summed E-state index contributed by atoms with van der Waals surface area (Å²) in [6.07, 6.45) is 0.765. The van der Waals surface area contributed by atoms with Crippen LogP contribution < -0.4 is 0 Å². The fraction of sp³-hybridized carbons (Fsp3) is 0.875. The molecular formula is C8H10F2O2. The van der Waals surface area contributed by atoms with Gasteiger partial charge in [-0.25, -0.2) is 8.78 Å². The van der Waals surface area contributed by atoms with Crippen molar-refractivity contribution in [2.75, 3.05) is 0 Å². The maximum atomic E-state index is 13.0. The Morgan fingerprint density at radius 1 is 1.42 bits per heavy atom. The van der Waals surface area contributed by atoms with Crippen molar-refractivity contribution in [1.29, 1.82) is 0 Å². The van der Waals surface area contributed by atoms with E-state index in [0.717, 1.165) is 0 Å². The molecule has 2 rings (SSSR count). The minimum atomic E-state index is -2.72. The number of hydrogen-bond acceptors (Lipinski definition) is 1. The normalized spacial score (nSPS) is 43.3. The lowest BCUT2D eigenvalue weighted by Crippen LogP contribution is -2.34. The van der Waals surface area contributed by atoms with Crippen molar-refractivity contribution in [3.63, 3.8) is 0 Å². The Balaban J connectivity index is 2.20. The summed E-state index contributed by atoms with van der Waals surface area (Å²) < 4.78 is 26.0. The Morgan fingerprint density at radius 3 is 2.42 bits per heavy atom. The first-order valence-electron chi connectivity index (χ1n) is 4.11. The van der Waals surface area contributed by atoms with Crippen molar-refractivity contribution in [3.8, 4) is 0 Å². The van der Waals surface area contributed by atoms with E-state index < -0.39 is 23.7 Å². The van der Waals surface area contributed by atoms with E-state index in [0.29, 0.717) is 12.8 Å². The smallest absolute Gasteiger partial charge is 0.307 e. The topological polar surface area (TPSA) is 37.3 Å². The zero-order valence-electron chi connectivity index (χ0n) is 6.46. The molecular weight excluding hydrogens is 166 g/mol. The predicted molar refractivity (Wildman–Crippen MR) is 36.9 cm³/mol. The lowest BCUT2D eigenvalue weighted by molar-refractivity contribution is -0.152. The molecule has 0 aromatic carbocycles. The lowest BCUT2D eigenvalue weighted by atomic mass is 9.86. The Bertz CT molecular complexity index is 227. The van der Waals surface area contributed by atoms with Crippen LogP contribution in [0.3, 0.4) is 0 Å². The fourth-order valence-corrected chi connectivity index (χ4v) is 2.59. The molecule has 1 N–H and O–H groups in total. The third kappa shape index (κ3) is 0.934. The summed E-state index contributed by atoms with van der Waals surface area (Å²) in [4.78, 5) is 10.5. The Kier molecular flexibility index (Phi) is 1.44. The molecule has 0 aliphatic heterocycles. The van der Waals surface area contributed by atoms with Crippen LogP contribution in [0, 0.1) is 17.8 Å². The second kappa shape index (κ2) is 2.18. The van der Waals surface area contributed by atoms with Crippen molar-refractivity contribution in [3.05, 3.63) is 0 Å². The van der Waals surface area contributed by atoms with Gasteiger partial charge in [0.15, 0.2) is 0 Å². The molecule has 0 amide bonds. The van der Waals surface area contributed by atoms with Gasteiger partial charge < -0.3 is 5.11 Å². The number of carboxylic acids is 1. The molecule has 0 aromatic rings. The van der Waals surface area contributed by atoms with E-state index in [1.54, 1.807) is 0 Å². The first-order valence-corrected chi connectivity index (χ1v) is 4.11. The highest BCUT2D eigenvalue weighted by Gasteiger charge is 2.59. The summed E-state index contributed by atoms with van der Waals surface area (Å²) >= 11 is 0. The molecule has 0 heterocycles. The molecule has 0 spiro atoms. The monoisotopic (exact) mass is 176 g/mol. The molecule has 2 nitrogen and oxygen atoms in total. The average molecular weight is 176 g/mol. The quantitative estimate of drug-likeness (QED) is 0.660. The van der Waals surface area contributed by atoms with Gasteiger partial charge in [0.25, 0.3) is 5.92 Å². The highest BCUT2D eigenvalue weighted by molar-refractivity contribution is 5.71. The molecule has 2 aliphatic carbocycles. The van der Waals surface area contributed by atoms with Crippen LogP contribution in [-0.2, 0) is 4.79 Å². The van der Waals surface area contributed by atoms with Gasteiger partial charge in [-0.2, -0.15) is 0 Å². The van der Waals surface area contributed by atoms with Gasteiger partial charge in [0.2, 0.25) is 0 Å². The third-order valence-corrected chi connectivity index (χ3v) is 3.08. The maximum absolute atomic E-state index is 13.0. The SMILES string of the molecule is O=C(O)[C@H]1C[C@@H]2C[C@H]1C(F)(F)C2. The van der Waals surface area contributed by atoms with E-state index in [-0.39, 0.29) is 12.3 Å². The standard InChI is InChI=1S/C8H10F2O2/c9-8(10)3-4-1-5(7(11)12)6(8)2-4/h4-6H,1-3H2,(H,11,12)/t4-,5+,6-/m1/s1. The molecule has 0 unspecified atom stereocenters. The van der Waals surface area contributed by atoms with Crippen molar-refractivity contribution < 1.29 is 18.7 Å². The summed E-state index contributed by atoms with van der Waals surface area (Å²) in [5.41, 5.74) is 0. The van der Waals surface area contributed by atoms with Crippen molar-refractivity contribution in [1.82, 2.24) is 0 Å². The zero-order valence-corrected chi connectivity index (χ0v) is 6.46. The molecule has 0 aromatic heterocycles. The van der Waals surface area contributed by atoms with E-state index >= 15 is 0 Å². The molecule has 68 valence electrons. The number of fused-ring (bicyclic) bond motifs is 2. The summed E-state index contributed by atoms with van der Waals surface area (Å²) in [5.74, 6) is -5.50. The van der Waals surface area contributed by atoms with Gasteiger partial charge in [-0.3, -0.25) is 4.79 Å². The van der Waals surface area contributed by atoms with Gasteiger partial charge in [-0.05, 0) is 18.8 Å². The van der Waals surface area contributed by atoms with E-state index in [2.05, 4.69) is 0 Å². The van der Waals surface area contributed by atoms with Gasteiger partial charge in [0.1, 0.15) is 0 Å². The molecule has 2 aliphatic rings. The highest BCUT2D eigenvalue weighted by atomic mass is 19.3. The summed E-state index contributed by atoms with van der Waals surface area (Å²) in [6.45, 7) is 0. The van der Waals surface area contributed by atoms with Crippen LogP contribution in [0.25, 0.3) is 0 Å². The molecule has 3 atom stereocenters. The van der Waals surface area contributed by atoms with Gasteiger partial charge in [0, 0.05) is 12.3 Å². The van der Waals surface area contributed by atoms with Crippen LogP contribution >= 0.6 is 0 Å². The lowest BCUT2D eigenvalue weighted by Gasteiger charge is -2.26. The van der Waals surface area contributed by atoms with Crippen LogP contribution in [0.15, 0.2) is 0 Å². The predicted octanol–water partition coefficient (Wildman–Crippen LogP) is 1.75. The Hall–Kier alpha value is -0.670. The Labute approximate surface area is 68.6 Å². The van der Waals surface area contributed by atoms with Gasteiger partial charge in [-0.15, -0.1) is 0 Å². The number of carboxylic acid groups (broad SMARTS) is 1. The van der Waals surface area contributed by atoms with Gasteiger partial charge >= 0.3 is 5.97 Å². The van der Waals surface area contributed by atoms with Crippen molar-refractivity contribution in [2.24, 2.45) is 17.8 Å². The van der Waals surface area contributed by atoms with Crippen molar-refractivity contribution in [2.45, 2.75) is 25.2 Å². The minimum absolute atomic E-state index is 0.0499. The van der Waals surface area contributed by atoms with E-state index in [1.807, 2.05) is 0 Å². The summed E-state index contributed by atoms with van der Waals surface area (Å²) in [7, 11) is 0. The second-order valence-electron chi connectivity index (χ2n) is 3.85. The van der Waals surface area contributed by atoms with Crippen LogP contribution in [0.2, 0.25) is 0 Å². The number of carbonyl (C=O) groups is 1. The first kappa shape index (κ1) is 7.95. The summed E-state index contributed by atoms with van der Waals surface area (Å²) in [5, 5.41) is 8.63. The molecule has 2 fully saturated rings. The van der Waals surface area contributed by atoms with Crippen LogP contribution in [0.4, 0.5) is 8.78 Å². The maximum Gasteiger partial charge on any atom is 0.307 e. The van der Waals surface area contributed by atoms with E-state index in [1.165, 1.54) is 0 Å². The average Bonchev–Trinajstić information content (AvgIpc) is 2.40. The largest absolute Gasteiger partial charge is 0.481 e. The Morgan fingerprint density at radius 2 is 2.08 bits per heavy atom. The molecule has 4 heteroatoms. The number of alkyl halides is 2.